The zero-order valence-corrected chi connectivity index (χ0v) is 11.5. The highest BCUT2D eigenvalue weighted by atomic mass is 16.7. The number of β-lactam (4-membered cyclic amide) rings is 1. The number of hydrogen-bond acceptors (Lipinski definition) is 6. The van der Waals surface area contributed by atoms with E-state index in [0.29, 0.717) is 12.2 Å². The Kier molecular flexibility index (Phi) is 3.63. The van der Waals surface area contributed by atoms with Gasteiger partial charge in [-0.05, 0) is 12.5 Å². The Morgan fingerprint density at radius 1 is 1.43 bits per heavy atom. The van der Waals surface area contributed by atoms with Crippen LogP contribution in [0.4, 0.5) is 0 Å². The van der Waals surface area contributed by atoms with Crippen LogP contribution in [0, 0.1) is 0 Å². The molecule has 2 heterocycles. The maximum atomic E-state index is 11.7. The Balaban J connectivity index is 1.76. The van der Waals surface area contributed by atoms with E-state index in [4.69, 9.17) is 10.6 Å². The lowest BCUT2D eigenvalue weighted by Crippen LogP contribution is -2.67. The third-order valence-corrected chi connectivity index (χ3v) is 3.55. The first-order valence-electron chi connectivity index (χ1n) is 6.69. The molecule has 1 saturated heterocycles. The second kappa shape index (κ2) is 5.58. The normalized spacial score (nSPS) is 23.0. The molecule has 1 fully saturated rings. The van der Waals surface area contributed by atoms with Crippen LogP contribution in [-0.2, 0) is 16.1 Å². The van der Waals surface area contributed by atoms with Gasteiger partial charge >= 0.3 is 0 Å². The van der Waals surface area contributed by atoms with Gasteiger partial charge in [0, 0.05) is 6.42 Å². The van der Waals surface area contributed by atoms with Crippen LogP contribution in [-0.4, -0.2) is 43.7 Å². The van der Waals surface area contributed by atoms with Crippen molar-refractivity contribution in [2.75, 3.05) is 0 Å². The Labute approximate surface area is 121 Å². The number of nitrogens with one attached hydrogen (secondary N) is 1. The molecule has 21 heavy (non-hydrogen) atoms. The number of amides is 1. The average molecular weight is 288 g/mol. The molecule has 0 aliphatic carbocycles. The fourth-order valence-corrected chi connectivity index (χ4v) is 2.21. The molecule has 110 valence electrons. The third-order valence-electron chi connectivity index (χ3n) is 3.55. The van der Waals surface area contributed by atoms with Crippen molar-refractivity contribution in [1.82, 2.24) is 25.7 Å². The zero-order chi connectivity index (χ0) is 14.8. The van der Waals surface area contributed by atoms with Crippen molar-refractivity contribution in [3.8, 4) is 0 Å². The largest absolute Gasteiger partial charge is 0.318 e. The van der Waals surface area contributed by atoms with E-state index in [1.54, 1.807) is 0 Å². The van der Waals surface area contributed by atoms with Gasteiger partial charge in [0.15, 0.2) is 6.10 Å². The molecular formula is C13H16N6O2. The number of tetrazole rings is 1. The van der Waals surface area contributed by atoms with E-state index in [2.05, 4.69) is 20.6 Å². The van der Waals surface area contributed by atoms with Gasteiger partial charge in [-0.2, -0.15) is 5.21 Å². The minimum absolute atomic E-state index is 0.164. The van der Waals surface area contributed by atoms with Gasteiger partial charge in [-0.3, -0.25) is 9.63 Å². The van der Waals surface area contributed by atoms with Crippen molar-refractivity contribution in [3.05, 3.63) is 41.7 Å². The van der Waals surface area contributed by atoms with Gasteiger partial charge in [0.1, 0.15) is 6.04 Å². The van der Waals surface area contributed by atoms with Gasteiger partial charge in [-0.15, -0.1) is 10.2 Å². The van der Waals surface area contributed by atoms with Gasteiger partial charge in [0.2, 0.25) is 5.82 Å². The van der Waals surface area contributed by atoms with Gasteiger partial charge in [-0.1, -0.05) is 35.5 Å². The van der Waals surface area contributed by atoms with E-state index in [0.717, 1.165) is 5.56 Å². The Morgan fingerprint density at radius 3 is 2.81 bits per heavy atom. The van der Waals surface area contributed by atoms with Crippen molar-refractivity contribution in [2.24, 2.45) is 5.73 Å². The molecule has 3 atom stereocenters. The lowest BCUT2D eigenvalue weighted by molar-refractivity contribution is -0.252. The second-order valence-electron chi connectivity index (χ2n) is 4.98. The van der Waals surface area contributed by atoms with Crippen LogP contribution in [0.15, 0.2) is 30.3 Å². The number of aromatic amines is 1. The molecule has 1 unspecified atom stereocenters. The topological polar surface area (TPSA) is 110 Å². The van der Waals surface area contributed by atoms with Gasteiger partial charge in [0.05, 0.1) is 6.04 Å². The molecule has 1 aliphatic heterocycles. The Bertz CT molecular complexity index is 602. The minimum Gasteiger partial charge on any atom is -0.318 e. The Hall–Kier alpha value is -2.32. The molecule has 3 rings (SSSR count). The first-order chi connectivity index (χ1) is 10.2. The molecule has 1 aromatic heterocycles. The molecular weight excluding hydrogens is 272 g/mol. The molecule has 3 N–H and O–H groups in total. The predicted octanol–water partition coefficient (Wildman–Crippen LogP) is -0.0269. The monoisotopic (exact) mass is 288 g/mol. The van der Waals surface area contributed by atoms with E-state index >= 15 is 0 Å². The summed E-state index contributed by atoms with van der Waals surface area (Å²) in [7, 11) is 0. The van der Waals surface area contributed by atoms with Crippen LogP contribution >= 0.6 is 0 Å². The SMILES string of the molecule is C[C@H]1[C@H](N)C(=O)N1OC(Cc1ccccc1)c1nn[nH]n1. The van der Waals surface area contributed by atoms with Crippen molar-refractivity contribution in [2.45, 2.75) is 31.5 Å². The number of aromatic nitrogens is 4. The lowest BCUT2D eigenvalue weighted by Gasteiger charge is -2.42. The van der Waals surface area contributed by atoms with Gasteiger partial charge in [-0.25, -0.2) is 5.06 Å². The average Bonchev–Trinajstić information content (AvgIpc) is 3.05. The number of benzene rings is 1. The highest BCUT2D eigenvalue weighted by Crippen LogP contribution is 2.26. The summed E-state index contributed by atoms with van der Waals surface area (Å²) in [6.45, 7) is 1.84. The van der Waals surface area contributed by atoms with Crippen molar-refractivity contribution < 1.29 is 9.63 Å². The number of carbonyl (C=O) groups is 1. The van der Waals surface area contributed by atoms with E-state index in [1.807, 2.05) is 37.3 Å². The summed E-state index contributed by atoms with van der Waals surface area (Å²) in [5.74, 6) is 0.170. The van der Waals surface area contributed by atoms with Gasteiger partial charge < -0.3 is 5.73 Å². The molecule has 1 aromatic carbocycles. The summed E-state index contributed by atoms with van der Waals surface area (Å²) in [6.07, 6.45) is 0.0385. The quantitative estimate of drug-likeness (QED) is 0.748. The summed E-state index contributed by atoms with van der Waals surface area (Å²) in [5, 5.41) is 15.1. The number of nitrogens with zero attached hydrogens (tertiary/aromatic N) is 4. The highest BCUT2D eigenvalue weighted by molar-refractivity contribution is 5.87. The van der Waals surface area contributed by atoms with E-state index < -0.39 is 12.1 Å². The molecule has 8 heteroatoms. The van der Waals surface area contributed by atoms with Gasteiger partial charge in [0.25, 0.3) is 5.91 Å². The molecule has 0 radical (unpaired) electrons. The van der Waals surface area contributed by atoms with E-state index in [-0.39, 0.29) is 11.9 Å². The van der Waals surface area contributed by atoms with E-state index in [9.17, 15) is 4.79 Å². The van der Waals surface area contributed by atoms with E-state index in [1.165, 1.54) is 5.06 Å². The second-order valence-corrected chi connectivity index (χ2v) is 4.98. The van der Waals surface area contributed by atoms with Crippen LogP contribution in [0.1, 0.15) is 24.4 Å². The molecule has 0 bridgehead atoms. The summed E-state index contributed by atoms with van der Waals surface area (Å²) in [6, 6.07) is 9.10. The number of hydroxylamine groups is 2. The highest BCUT2D eigenvalue weighted by Gasteiger charge is 2.44. The smallest absolute Gasteiger partial charge is 0.265 e. The predicted molar refractivity (Wildman–Crippen MR) is 72.4 cm³/mol. The molecule has 2 aromatic rings. The summed E-state index contributed by atoms with van der Waals surface area (Å²) < 4.78 is 0. The van der Waals surface area contributed by atoms with Crippen LogP contribution in [0.5, 0.6) is 0 Å². The fraction of sp³-hybridized carbons (Fsp3) is 0.385. The molecule has 1 aliphatic rings. The summed E-state index contributed by atoms with van der Waals surface area (Å²) in [5.41, 5.74) is 6.73. The first kappa shape index (κ1) is 13.7. The van der Waals surface area contributed by atoms with Crippen LogP contribution in [0.2, 0.25) is 0 Å². The van der Waals surface area contributed by atoms with Crippen LogP contribution < -0.4 is 5.73 Å². The summed E-state index contributed by atoms with van der Waals surface area (Å²) in [4.78, 5) is 17.5. The van der Waals surface area contributed by atoms with Crippen LogP contribution in [0.3, 0.4) is 0 Å². The summed E-state index contributed by atoms with van der Waals surface area (Å²) >= 11 is 0. The number of H-pyrrole nitrogens is 1. The van der Waals surface area contributed by atoms with Crippen molar-refractivity contribution >= 4 is 5.91 Å². The Morgan fingerprint density at radius 2 is 2.19 bits per heavy atom. The standard InChI is InChI=1S/C13H16N6O2/c1-8-11(14)13(20)19(8)21-10(12-15-17-18-16-12)7-9-5-3-2-4-6-9/h2-6,8,10-11H,7,14H2,1H3,(H,15,16,17,18)/t8-,10?,11-/m0/s1. The fourth-order valence-electron chi connectivity index (χ4n) is 2.21. The maximum absolute atomic E-state index is 11.7. The van der Waals surface area contributed by atoms with Crippen molar-refractivity contribution in [1.29, 1.82) is 0 Å². The number of hydrogen-bond donors (Lipinski definition) is 2. The molecule has 0 saturated carbocycles. The number of nitrogens with two attached hydrogens (primary N) is 1. The number of carbonyl (C=O) groups excluding carboxylic acids is 1. The first-order valence-corrected chi connectivity index (χ1v) is 6.69. The molecule has 8 nitrogen and oxygen atoms in total. The zero-order valence-electron chi connectivity index (χ0n) is 11.5. The lowest BCUT2D eigenvalue weighted by atomic mass is 10.0. The maximum Gasteiger partial charge on any atom is 0.265 e. The minimum atomic E-state index is -0.507. The van der Waals surface area contributed by atoms with Crippen molar-refractivity contribution in [3.63, 3.8) is 0 Å². The molecule has 0 spiro atoms. The molecule has 1 amide bonds. The third kappa shape index (κ3) is 2.63. The van der Waals surface area contributed by atoms with Crippen LogP contribution in [0.25, 0.3) is 0 Å². The number of rotatable bonds is 5.